The van der Waals surface area contributed by atoms with Crippen molar-refractivity contribution >= 4 is 23.0 Å². The second-order valence-corrected chi connectivity index (χ2v) is 9.96. The molecule has 1 aromatic heterocycles. The van der Waals surface area contributed by atoms with Crippen LogP contribution in [0.3, 0.4) is 0 Å². The molecule has 35 heavy (non-hydrogen) atoms. The molecule has 6 nitrogen and oxygen atoms in total. The van der Waals surface area contributed by atoms with Crippen molar-refractivity contribution in [3.63, 3.8) is 0 Å². The summed E-state index contributed by atoms with van der Waals surface area (Å²) in [5, 5.41) is 12.4. The maximum Gasteiger partial charge on any atom is 0.244 e. The standard InChI is InChI=1S/C29H33N5O/c30-19-23-1-6-24-12-15-34(16-13-25(24)17-23)14-11-21-2-7-26(8-3-21)33-29(35)10-5-22-4-9-27-28(18-22)32-20-31-27/h1,4-6,9-10,17-18,20-21,26H,2-3,7-8,11-16H2,(H,31,32)(H,33,35)/b10-5+. The summed E-state index contributed by atoms with van der Waals surface area (Å²) in [6.45, 7) is 3.32. The van der Waals surface area contributed by atoms with E-state index >= 15 is 0 Å². The number of H-pyrrole nitrogens is 1. The molecule has 1 aliphatic carbocycles. The highest BCUT2D eigenvalue weighted by Gasteiger charge is 2.23. The monoisotopic (exact) mass is 467 g/mol. The molecule has 2 aromatic carbocycles. The Bertz CT molecular complexity index is 1250. The number of aromatic amines is 1. The molecule has 1 fully saturated rings. The van der Waals surface area contributed by atoms with E-state index in [2.05, 4.69) is 38.4 Å². The molecule has 5 rings (SSSR count). The summed E-state index contributed by atoms with van der Waals surface area (Å²) in [6, 6.07) is 14.6. The number of nitrogens with zero attached hydrogens (tertiary/aromatic N) is 3. The number of amides is 1. The minimum absolute atomic E-state index is 0.0122. The van der Waals surface area contributed by atoms with Crippen LogP contribution in [0.2, 0.25) is 0 Å². The second kappa shape index (κ2) is 10.9. The molecular formula is C29H33N5O. The van der Waals surface area contributed by atoms with Gasteiger partial charge < -0.3 is 15.2 Å². The van der Waals surface area contributed by atoms with Gasteiger partial charge in [0.1, 0.15) is 0 Å². The van der Waals surface area contributed by atoms with E-state index in [9.17, 15) is 4.79 Å². The predicted molar refractivity (Wildman–Crippen MR) is 139 cm³/mol. The van der Waals surface area contributed by atoms with Crippen LogP contribution in [0.1, 0.15) is 54.4 Å². The Labute approximate surface area is 207 Å². The molecule has 0 bridgehead atoms. The van der Waals surface area contributed by atoms with E-state index in [0.29, 0.717) is 0 Å². The lowest BCUT2D eigenvalue weighted by Gasteiger charge is -2.30. The summed E-state index contributed by atoms with van der Waals surface area (Å²) < 4.78 is 0. The SMILES string of the molecule is N#Cc1ccc2c(c1)CCN(CCC1CCC(NC(=O)/C=C/c3ccc4nc[nH]c4c3)CC1)CC2. The number of imidazole rings is 1. The molecule has 2 heterocycles. The minimum Gasteiger partial charge on any atom is -0.350 e. The number of carbonyl (C=O) groups excluding carboxylic acids is 1. The van der Waals surface area contributed by atoms with Gasteiger partial charge in [0.2, 0.25) is 5.91 Å². The smallest absolute Gasteiger partial charge is 0.244 e. The first-order chi connectivity index (χ1) is 17.2. The average Bonchev–Trinajstić information content (AvgIpc) is 3.26. The summed E-state index contributed by atoms with van der Waals surface area (Å²) >= 11 is 0. The number of fused-ring (bicyclic) bond motifs is 2. The molecule has 1 saturated carbocycles. The van der Waals surface area contributed by atoms with Crippen molar-refractivity contribution in [3.05, 3.63) is 71.1 Å². The van der Waals surface area contributed by atoms with Gasteiger partial charge in [-0.2, -0.15) is 5.26 Å². The van der Waals surface area contributed by atoms with Crippen LogP contribution in [0.25, 0.3) is 17.1 Å². The first kappa shape index (κ1) is 23.3. The number of nitrogens with one attached hydrogen (secondary N) is 2. The van der Waals surface area contributed by atoms with Crippen molar-refractivity contribution in [2.45, 2.75) is 51.0 Å². The lowest BCUT2D eigenvalue weighted by Crippen LogP contribution is -2.37. The highest BCUT2D eigenvalue weighted by atomic mass is 16.1. The van der Waals surface area contributed by atoms with Crippen LogP contribution in [-0.4, -0.2) is 46.5 Å². The highest BCUT2D eigenvalue weighted by molar-refractivity contribution is 5.92. The van der Waals surface area contributed by atoms with E-state index in [0.717, 1.165) is 73.4 Å². The van der Waals surface area contributed by atoms with E-state index in [1.54, 1.807) is 12.4 Å². The van der Waals surface area contributed by atoms with Crippen LogP contribution in [-0.2, 0) is 17.6 Å². The van der Waals surface area contributed by atoms with Crippen LogP contribution in [0, 0.1) is 17.2 Å². The van der Waals surface area contributed by atoms with Crippen LogP contribution < -0.4 is 5.32 Å². The number of aromatic nitrogens is 2. The van der Waals surface area contributed by atoms with Crippen molar-refractivity contribution in [1.82, 2.24) is 20.2 Å². The summed E-state index contributed by atoms with van der Waals surface area (Å²) in [4.78, 5) is 22.4. The Kier molecular flexibility index (Phi) is 7.25. The van der Waals surface area contributed by atoms with E-state index in [1.165, 1.54) is 30.4 Å². The number of benzene rings is 2. The van der Waals surface area contributed by atoms with Gasteiger partial charge in [-0.15, -0.1) is 0 Å². The summed E-state index contributed by atoms with van der Waals surface area (Å²) in [7, 11) is 0. The largest absolute Gasteiger partial charge is 0.350 e. The zero-order chi connectivity index (χ0) is 24.0. The molecule has 180 valence electrons. The fourth-order valence-electron chi connectivity index (χ4n) is 5.50. The van der Waals surface area contributed by atoms with Gasteiger partial charge in [-0.3, -0.25) is 4.79 Å². The van der Waals surface area contributed by atoms with Crippen molar-refractivity contribution in [3.8, 4) is 6.07 Å². The van der Waals surface area contributed by atoms with E-state index < -0.39 is 0 Å². The first-order valence-electron chi connectivity index (χ1n) is 12.8. The van der Waals surface area contributed by atoms with Gasteiger partial charge in [-0.1, -0.05) is 12.1 Å². The lowest BCUT2D eigenvalue weighted by atomic mass is 9.84. The Hall–Kier alpha value is -3.43. The highest BCUT2D eigenvalue weighted by Crippen LogP contribution is 2.28. The van der Waals surface area contributed by atoms with Crippen LogP contribution >= 0.6 is 0 Å². The zero-order valence-electron chi connectivity index (χ0n) is 20.2. The first-order valence-corrected chi connectivity index (χ1v) is 12.8. The van der Waals surface area contributed by atoms with E-state index in [-0.39, 0.29) is 11.9 Å². The quantitative estimate of drug-likeness (QED) is 0.519. The number of rotatable bonds is 6. The molecule has 2 N–H and O–H groups in total. The molecular weight excluding hydrogens is 434 g/mol. The molecule has 3 aromatic rings. The van der Waals surface area contributed by atoms with Crippen molar-refractivity contribution < 1.29 is 4.79 Å². The third kappa shape index (κ3) is 5.98. The Morgan fingerprint density at radius 1 is 1.11 bits per heavy atom. The number of nitriles is 1. The van der Waals surface area contributed by atoms with Crippen molar-refractivity contribution in [2.75, 3.05) is 19.6 Å². The lowest BCUT2D eigenvalue weighted by molar-refractivity contribution is -0.117. The Balaban J connectivity index is 1.03. The second-order valence-electron chi connectivity index (χ2n) is 9.96. The molecule has 0 spiro atoms. The van der Waals surface area contributed by atoms with E-state index in [4.69, 9.17) is 5.26 Å². The van der Waals surface area contributed by atoms with Gasteiger partial charge in [0.05, 0.1) is 29.0 Å². The van der Waals surface area contributed by atoms with Gasteiger partial charge in [0.15, 0.2) is 0 Å². The van der Waals surface area contributed by atoms with Gasteiger partial charge in [-0.05, 0) is 104 Å². The maximum absolute atomic E-state index is 12.4. The number of hydrogen-bond donors (Lipinski definition) is 2. The summed E-state index contributed by atoms with van der Waals surface area (Å²) in [5.41, 5.74) is 6.41. The Morgan fingerprint density at radius 2 is 1.94 bits per heavy atom. The molecule has 0 atom stereocenters. The topological polar surface area (TPSA) is 84.8 Å². The predicted octanol–water partition coefficient (Wildman–Crippen LogP) is 4.61. The zero-order valence-corrected chi connectivity index (χ0v) is 20.2. The Morgan fingerprint density at radius 3 is 2.77 bits per heavy atom. The van der Waals surface area contributed by atoms with Crippen molar-refractivity contribution in [2.24, 2.45) is 5.92 Å². The average molecular weight is 468 g/mol. The van der Waals surface area contributed by atoms with Crippen LogP contribution in [0.4, 0.5) is 0 Å². The fourth-order valence-corrected chi connectivity index (χ4v) is 5.50. The molecule has 0 saturated heterocycles. The van der Waals surface area contributed by atoms with Crippen molar-refractivity contribution in [1.29, 1.82) is 5.26 Å². The van der Waals surface area contributed by atoms with Gasteiger partial charge in [0, 0.05) is 25.2 Å². The third-order valence-electron chi connectivity index (χ3n) is 7.65. The van der Waals surface area contributed by atoms with Gasteiger partial charge >= 0.3 is 0 Å². The van der Waals surface area contributed by atoms with E-state index in [1.807, 2.05) is 30.3 Å². The maximum atomic E-state index is 12.4. The molecule has 0 radical (unpaired) electrons. The molecule has 1 amide bonds. The molecule has 6 heteroatoms. The summed E-state index contributed by atoms with van der Waals surface area (Å²) in [6.07, 6.45) is 13.0. The summed E-state index contributed by atoms with van der Waals surface area (Å²) in [5.74, 6) is 0.734. The molecule has 2 aliphatic rings. The molecule has 0 unspecified atom stereocenters. The van der Waals surface area contributed by atoms with Crippen LogP contribution in [0.5, 0.6) is 0 Å². The minimum atomic E-state index is -0.0122. The normalized spacial score (nSPS) is 20.9. The fraction of sp³-hybridized carbons (Fsp3) is 0.414. The number of hydrogen-bond acceptors (Lipinski definition) is 4. The van der Waals surface area contributed by atoms with Gasteiger partial charge in [-0.25, -0.2) is 4.98 Å². The van der Waals surface area contributed by atoms with Crippen LogP contribution in [0.15, 0.2) is 48.8 Å². The number of carbonyl (C=O) groups is 1. The molecule has 1 aliphatic heterocycles. The van der Waals surface area contributed by atoms with Gasteiger partial charge in [0.25, 0.3) is 0 Å². The third-order valence-corrected chi connectivity index (χ3v) is 7.65.